The van der Waals surface area contributed by atoms with Gasteiger partial charge in [0.1, 0.15) is 0 Å². The normalized spacial score (nSPS) is 15.3. The van der Waals surface area contributed by atoms with Crippen LogP contribution in [-0.2, 0) is 37.5 Å². The van der Waals surface area contributed by atoms with Crippen LogP contribution in [0.25, 0.3) is 0 Å². The smallest absolute Gasteiger partial charge is 1.00 e. The van der Waals surface area contributed by atoms with Crippen molar-refractivity contribution in [3.8, 4) is 0 Å². The van der Waals surface area contributed by atoms with Crippen molar-refractivity contribution in [2.24, 2.45) is 0 Å². The molecule has 2 aromatic rings. The molecule has 2 aromatic carbocycles. The molecule has 0 aliphatic heterocycles. The van der Waals surface area contributed by atoms with E-state index in [1.807, 2.05) is 32.1 Å². The van der Waals surface area contributed by atoms with Gasteiger partial charge in [0.2, 0.25) is 0 Å². The van der Waals surface area contributed by atoms with Crippen molar-refractivity contribution < 1.29 is 62.3 Å². The van der Waals surface area contributed by atoms with Crippen molar-refractivity contribution in [2.75, 3.05) is 0 Å². The number of hydrogen-bond donors (Lipinski definition) is 0. The zero-order chi connectivity index (χ0) is 15.7. The summed E-state index contributed by atoms with van der Waals surface area (Å²) >= 11 is 0. The standard InChI is InChI=1S/C17H14P.C5H5.2ClH.Fe.Pd/c1-3-9-15(10-4-1)18(17-13-7-8-14-17)16-11-5-2-6-12-16;1-2-4-5-3-1;;;;/h1-14H;1-5H;2*1H;;/q;;;;2*+2/p-2. The Bertz CT molecular complexity index is 514. The molecule has 2 aliphatic rings. The Morgan fingerprint density at radius 2 is 0.815 bits per heavy atom. The Labute approximate surface area is 203 Å². The van der Waals surface area contributed by atoms with Crippen LogP contribution in [-0.4, -0.2) is 0 Å². The molecule has 0 nitrogen and oxygen atoms in total. The predicted molar refractivity (Wildman–Crippen MR) is 101 cm³/mol. The number of halogens is 2. The quantitative estimate of drug-likeness (QED) is 0.325. The van der Waals surface area contributed by atoms with Crippen molar-refractivity contribution in [3.63, 3.8) is 0 Å². The van der Waals surface area contributed by atoms with E-state index in [1.54, 1.807) is 0 Å². The van der Waals surface area contributed by atoms with Crippen LogP contribution in [0.15, 0.2) is 60.7 Å². The molecule has 27 heavy (non-hydrogen) atoms. The SMILES string of the molecule is [CH]1[CH][CH][CH][CH]1.[CH]1[CH][CH][C](P(c2ccccc2)c2ccccc2)[CH]1.[Cl-].[Cl-].[Fe+2].[Pd+2]. The third kappa shape index (κ3) is 9.79. The summed E-state index contributed by atoms with van der Waals surface area (Å²) in [5, 5.41) is 2.81. The molecule has 0 amide bonds. The summed E-state index contributed by atoms with van der Waals surface area (Å²) in [4.78, 5) is 0. The van der Waals surface area contributed by atoms with Crippen LogP contribution < -0.4 is 35.4 Å². The van der Waals surface area contributed by atoms with Crippen molar-refractivity contribution in [1.29, 1.82) is 0 Å². The van der Waals surface area contributed by atoms with Gasteiger partial charge in [-0.05, 0) is 76.3 Å². The Morgan fingerprint density at radius 3 is 1.15 bits per heavy atom. The van der Waals surface area contributed by atoms with Crippen molar-refractivity contribution in [3.05, 3.63) is 124 Å². The second kappa shape index (κ2) is 17.5. The molecule has 0 aromatic heterocycles. The maximum absolute atomic E-state index is 2.23. The fourth-order valence-corrected chi connectivity index (χ4v) is 4.74. The first-order valence-electron chi connectivity index (χ1n) is 7.74. The molecular formula is C22H19Cl2FePPd+2. The third-order valence-corrected chi connectivity index (χ3v) is 5.93. The van der Waals surface area contributed by atoms with Crippen LogP contribution in [0.2, 0.25) is 0 Å². The summed E-state index contributed by atoms with van der Waals surface area (Å²) in [6.07, 6.45) is 18.7. The van der Waals surface area contributed by atoms with Gasteiger partial charge in [0.25, 0.3) is 0 Å². The molecule has 142 valence electrons. The summed E-state index contributed by atoms with van der Waals surface area (Å²) in [6.45, 7) is 0. The Hall–Kier alpha value is 0.632. The molecule has 0 atom stereocenters. The van der Waals surface area contributed by atoms with Crippen LogP contribution >= 0.6 is 7.92 Å². The van der Waals surface area contributed by atoms with Crippen LogP contribution in [0.1, 0.15) is 0 Å². The van der Waals surface area contributed by atoms with Crippen LogP contribution in [0.5, 0.6) is 0 Å². The molecule has 0 spiro atoms. The minimum Gasteiger partial charge on any atom is -1.00 e. The van der Waals surface area contributed by atoms with Gasteiger partial charge in [-0.2, -0.15) is 0 Å². The summed E-state index contributed by atoms with van der Waals surface area (Å²) in [6, 6.07) is 21.6. The van der Waals surface area contributed by atoms with Gasteiger partial charge in [-0.3, -0.25) is 0 Å². The summed E-state index contributed by atoms with van der Waals surface area (Å²) in [5.41, 5.74) is 1.42. The molecule has 4 rings (SSSR count). The van der Waals surface area contributed by atoms with E-state index >= 15 is 0 Å². The van der Waals surface area contributed by atoms with Gasteiger partial charge in [0.05, 0.1) is 0 Å². The van der Waals surface area contributed by atoms with Gasteiger partial charge in [-0.25, -0.2) is 0 Å². The fourth-order valence-electron chi connectivity index (χ4n) is 2.44. The maximum atomic E-state index is 2.23. The first-order chi connectivity index (χ1) is 11.4. The average molecular weight is 548 g/mol. The topological polar surface area (TPSA) is 0 Å². The molecule has 2 saturated carbocycles. The van der Waals surface area contributed by atoms with Gasteiger partial charge < -0.3 is 24.8 Å². The molecule has 0 N–H and O–H groups in total. The van der Waals surface area contributed by atoms with E-state index in [0.717, 1.165) is 0 Å². The van der Waals surface area contributed by atoms with Crippen LogP contribution in [0.4, 0.5) is 0 Å². The van der Waals surface area contributed by atoms with Gasteiger partial charge in [0, 0.05) is 5.66 Å². The molecule has 10 radical (unpaired) electrons. The van der Waals surface area contributed by atoms with E-state index < -0.39 is 7.92 Å². The van der Waals surface area contributed by atoms with Crippen molar-refractivity contribution in [2.45, 2.75) is 0 Å². The molecule has 0 bridgehead atoms. The second-order valence-electron chi connectivity index (χ2n) is 5.11. The predicted octanol–water partition coefficient (Wildman–Crippen LogP) is -1.49. The van der Waals surface area contributed by atoms with E-state index in [1.165, 1.54) is 16.3 Å². The van der Waals surface area contributed by atoms with E-state index in [-0.39, 0.29) is 62.3 Å². The molecule has 5 heteroatoms. The van der Waals surface area contributed by atoms with Crippen molar-refractivity contribution in [1.82, 2.24) is 0 Å². The van der Waals surface area contributed by atoms with Gasteiger partial charge in [-0.1, -0.05) is 60.7 Å². The number of hydrogen-bond acceptors (Lipinski definition) is 0. The van der Waals surface area contributed by atoms with Gasteiger partial charge in [-0.15, -0.1) is 0 Å². The monoisotopic (exact) mass is 546 g/mol. The first-order valence-corrected chi connectivity index (χ1v) is 9.08. The maximum Gasteiger partial charge on any atom is 2.00 e. The zero-order valence-corrected chi connectivity index (χ0v) is 19.4. The van der Waals surface area contributed by atoms with Gasteiger partial charge >= 0.3 is 37.5 Å². The Kier molecular flexibility index (Phi) is 19.3. The number of rotatable bonds is 3. The van der Waals surface area contributed by atoms with Gasteiger partial charge in [0.15, 0.2) is 0 Å². The average Bonchev–Trinajstić information content (AvgIpc) is 3.34. The van der Waals surface area contributed by atoms with Crippen LogP contribution in [0, 0.1) is 63.4 Å². The summed E-state index contributed by atoms with van der Waals surface area (Å²) in [5.74, 6) is 0. The fraction of sp³-hybridized carbons (Fsp3) is 0. The van der Waals surface area contributed by atoms with E-state index in [4.69, 9.17) is 0 Å². The minimum absolute atomic E-state index is 0. The molecule has 0 saturated heterocycles. The number of benzene rings is 2. The molecular weight excluding hydrogens is 528 g/mol. The minimum atomic E-state index is -0.409. The summed E-state index contributed by atoms with van der Waals surface area (Å²) < 4.78 is 0. The molecule has 0 heterocycles. The van der Waals surface area contributed by atoms with Crippen molar-refractivity contribution >= 4 is 18.5 Å². The second-order valence-corrected chi connectivity index (χ2v) is 7.33. The van der Waals surface area contributed by atoms with E-state index in [0.29, 0.717) is 0 Å². The Morgan fingerprint density at radius 1 is 0.481 bits per heavy atom. The summed E-state index contributed by atoms with van der Waals surface area (Å²) in [7, 11) is -0.409. The third-order valence-electron chi connectivity index (χ3n) is 3.49. The molecule has 0 unspecified atom stereocenters. The largest absolute Gasteiger partial charge is 2.00 e. The Balaban J connectivity index is 0. The molecule has 2 aliphatic carbocycles. The first kappa shape index (κ1) is 29.8. The van der Waals surface area contributed by atoms with E-state index in [2.05, 4.69) is 86.3 Å². The van der Waals surface area contributed by atoms with Crippen LogP contribution in [0.3, 0.4) is 0 Å². The zero-order valence-electron chi connectivity index (χ0n) is 14.3. The molecule has 2 fully saturated rings. The van der Waals surface area contributed by atoms with E-state index in [9.17, 15) is 0 Å².